The summed E-state index contributed by atoms with van der Waals surface area (Å²) in [7, 11) is 0. The fourth-order valence-electron chi connectivity index (χ4n) is 2.23. The molecule has 19 heavy (non-hydrogen) atoms. The Morgan fingerprint density at radius 1 is 1.37 bits per heavy atom. The van der Waals surface area contributed by atoms with Gasteiger partial charge >= 0.3 is 0 Å². The SMILES string of the molecule is CCCCN(c1cccc(CNC(C)C)n1)C1CC1. The molecular weight excluding hydrogens is 234 g/mol. The van der Waals surface area contributed by atoms with Crippen LogP contribution in [0.25, 0.3) is 0 Å². The van der Waals surface area contributed by atoms with Crippen LogP contribution in [0.3, 0.4) is 0 Å². The molecule has 1 aliphatic rings. The summed E-state index contributed by atoms with van der Waals surface area (Å²) in [5, 5.41) is 3.43. The molecule has 1 saturated carbocycles. The number of nitrogens with zero attached hydrogens (tertiary/aromatic N) is 2. The highest BCUT2D eigenvalue weighted by atomic mass is 15.2. The molecule has 1 aliphatic carbocycles. The van der Waals surface area contributed by atoms with Gasteiger partial charge in [0.15, 0.2) is 0 Å². The lowest BCUT2D eigenvalue weighted by Gasteiger charge is -2.24. The molecule has 1 aromatic rings. The molecule has 2 rings (SSSR count). The summed E-state index contributed by atoms with van der Waals surface area (Å²) in [6.45, 7) is 8.59. The summed E-state index contributed by atoms with van der Waals surface area (Å²) >= 11 is 0. The highest BCUT2D eigenvalue weighted by Crippen LogP contribution is 2.30. The zero-order chi connectivity index (χ0) is 13.7. The van der Waals surface area contributed by atoms with Crippen LogP contribution in [0.2, 0.25) is 0 Å². The second-order valence-electron chi connectivity index (χ2n) is 5.80. The molecule has 0 aliphatic heterocycles. The van der Waals surface area contributed by atoms with Crippen molar-refractivity contribution < 1.29 is 0 Å². The van der Waals surface area contributed by atoms with E-state index >= 15 is 0 Å². The van der Waals surface area contributed by atoms with Gasteiger partial charge in [-0.2, -0.15) is 0 Å². The summed E-state index contributed by atoms with van der Waals surface area (Å²) in [6.07, 6.45) is 5.17. The van der Waals surface area contributed by atoms with Crippen molar-refractivity contribution in [3.63, 3.8) is 0 Å². The topological polar surface area (TPSA) is 28.2 Å². The van der Waals surface area contributed by atoms with Crippen LogP contribution in [0, 0.1) is 0 Å². The summed E-state index contributed by atoms with van der Waals surface area (Å²) in [5.74, 6) is 1.17. The van der Waals surface area contributed by atoms with Crippen LogP contribution < -0.4 is 10.2 Å². The van der Waals surface area contributed by atoms with Crippen molar-refractivity contribution in [3.05, 3.63) is 23.9 Å². The first-order chi connectivity index (χ1) is 9.20. The minimum Gasteiger partial charge on any atom is -0.354 e. The maximum absolute atomic E-state index is 4.82. The summed E-state index contributed by atoms with van der Waals surface area (Å²) in [4.78, 5) is 7.32. The van der Waals surface area contributed by atoms with Crippen molar-refractivity contribution in [2.24, 2.45) is 0 Å². The van der Waals surface area contributed by atoms with E-state index in [-0.39, 0.29) is 0 Å². The van der Waals surface area contributed by atoms with Gasteiger partial charge in [-0.1, -0.05) is 33.3 Å². The zero-order valence-corrected chi connectivity index (χ0v) is 12.5. The van der Waals surface area contributed by atoms with Gasteiger partial charge in [0.1, 0.15) is 5.82 Å². The Morgan fingerprint density at radius 3 is 2.79 bits per heavy atom. The number of hydrogen-bond donors (Lipinski definition) is 1. The van der Waals surface area contributed by atoms with E-state index in [2.05, 4.69) is 49.2 Å². The number of aromatic nitrogens is 1. The molecule has 0 unspecified atom stereocenters. The molecule has 0 bridgehead atoms. The molecule has 3 heteroatoms. The molecule has 1 fully saturated rings. The van der Waals surface area contributed by atoms with Crippen LogP contribution in [-0.4, -0.2) is 23.6 Å². The first kappa shape index (κ1) is 14.3. The smallest absolute Gasteiger partial charge is 0.129 e. The Hall–Kier alpha value is -1.09. The van der Waals surface area contributed by atoms with Gasteiger partial charge in [0, 0.05) is 25.2 Å². The first-order valence-corrected chi connectivity index (χ1v) is 7.66. The summed E-state index contributed by atoms with van der Waals surface area (Å²) in [6, 6.07) is 7.66. The molecule has 0 aromatic carbocycles. The van der Waals surface area contributed by atoms with E-state index in [4.69, 9.17) is 4.98 Å². The van der Waals surface area contributed by atoms with Crippen molar-refractivity contribution in [2.75, 3.05) is 11.4 Å². The molecule has 0 radical (unpaired) electrons. The van der Waals surface area contributed by atoms with E-state index in [1.54, 1.807) is 0 Å². The molecule has 0 atom stereocenters. The van der Waals surface area contributed by atoms with E-state index in [1.165, 1.54) is 31.5 Å². The largest absolute Gasteiger partial charge is 0.354 e. The lowest BCUT2D eigenvalue weighted by Crippen LogP contribution is -2.28. The average molecular weight is 261 g/mol. The van der Waals surface area contributed by atoms with Gasteiger partial charge in [0.05, 0.1) is 5.69 Å². The third-order valence-electron chi connectivity index (χ3n) is 3.52. The fraction of sp³-hybridized carbons (Fsp3) is 0.688. The number of hydrogen-bond acceptors (Lipinski definition) is 3. The molecule has 1 aromatic heterocycles. The molecule has 0 saturated heterocycles. The average Bonchev–Trinajstić information content (AvgIpc) is 3.22. The Balaban J connectivity index is 2.02. The third-order valence-corrected chi connectivity index (χ3v) is 3.52. The predicted molar refractivity (Wildman–Crippen MR) is 81.5 cm³/mol. The number of rotatable bonds is 8. The zero-order valence-electron chi connectivity index (χ0n) is 12.5. The first-order valence-electron chi connectivity index (χ1n) is 7.66. The number of pyridine rings is 1. The summed E-state index contributed by atoms with van der Waals surface area (Å²) < 4.78 is 0. The van der Waals surface area contributed by atoms with Crippen molar-refractivity contribution in [1.82, 2.24) is 10.3 Å². The third kappa shape index (κ3) is 4.50. The molecule has 0 amide bonds. The van der Waals surface area contributed by atoms with Crippen molar-refractivity contribution >= 4 is 5.82 Å². The molecule has 1 N–H and O–H groups in total. The van der Waals surface area contributed by atoms with E-state index in [9.17, 15) is 0 Å². The molecule has 0 spiro atoms. The molecule has 1 heterocycles. The van der Waals surface area contributed by atoms with Gasteiger partial charge in [-0.25, -0.2) is 4.98 Å². The lowest BCUT2D eigenvalue weighted by atomic mass is 10.2. The Kier molecular flexibility index (Phi) is 5.20. The van der Waals surface area contributed by atoms with E-state index in [1.807, 2.05) is 0 Å². The van der Waals surface area contributed by atoms with Crippen LogP contribution in [0.1, 0.15) is 52.1 Å². The quantitative estimate of drug-likeness (QED) is 0.778. The number of nitrogens with one attached hydrogen (secondary N) is 1. The van der Waals surface area contributed by atoms with Gasteiger partial charge < -0.3 is 10.2 Å². The molecule has 3 nitrogen and oxygen atoms in total. The van der Waals surface area contributed by atoms with Gasteiger partial charge in [0.25, 0.3) is 0 Å². The minimum absolute atomic E-state index is 0.505. The van der Waals surface area contributed by atoms with Crippen LogP contribution in [0.5, 0.6) is 0 Å². The van der Waals surface area contributed by atoms with Crippen LogP contribution in [0.4, 0.5) is 5.82 Å². The Morgan fingerprint density at radius 2 is 2.16 bits per heavy atom. The van der Waals surface area contributed by atoms with Crippen molar-refractivity contribution in [1.29, 1.82) is 0 Å². The van der Waals surface area contributed by atoms with Gasteiger partial charge in [-0.15, -0.1) is 0 Å². The van der Waals surface area contributed by atoms with Gasteiger partial charge in [-0.3, -0.25) is 0 Å². The van der Waals surface area contributed by atoms with E-state index in [0.717, 1.165) is 24.8 Å². The van der Waals surface area contributed by atoms with Crippen LogP contribution in [0.15, 0.2) is 18.2 Å². The number of unbranched alkanes of at least 4 members (excludes halogenated alkanes) is 1. The standard InChI is InChI=1S/C16H27N3/c1-4-5-11-19(15-9-10-15)16-8-6-7-14(18-16)12-17-13(2)3/h6-8,13,15,17H,4-5,9-12H2,1-3H3. The number of anilines is 1. The lowest BCUT2D eigenvalue weighted by molar-refractivity contribution is 0.580. The van der Waals surface area contributed by atoms with Crippen LogP contribution >= 0.6 is 0 Å². The normalized spacial score (nSPS) is 14.9. The molecule has 106 valence electrons. The van der Waals surface area contributed by atoms with Gasteiger partial charge in [0.2, 0.25) is 0 Å². The maximum Gasteiger partial charge on any atom is 0.129 e. The monoisotopic (exact) mass is 261 g/mol. The fourth-order valence-corrected chi connectivity index (χ4v) is 2.23. The van der Waals surface area contributed by atoms with Gasteiger partial charge in [-0.05, 0) is 31.4 Å². The van der Waals surface area contributed by atoms with Crippen LogP contribution in [-0.2, 0) is 6.54 Å². The Labute approximate surface area is 117 Å². The Bertz CT molecular complexity index is 385. The predicted octanol–water partition coefficient (Wildman–Crippen LogP) is 3.35. The van der Waals surface area contributed by atoms with E-state index < -0.39 is 0 Å². The molecular formula is C16H27N3. The second kappa shape index (κ2) is 6.90. The summed E-state index contributed by atoms with van der Waals surface area (Å²) in [5.41, 5.74) is 1.15. The highest BCUT2D eigenvalue weighted by molar-refractivity contribution is 5.42. The van der Waals surface area contributed by atoms with E-state index in [0.29, 0.717) is 6.04 Å². The van der Waals surface area contributed by atoms with Crippen molar-refractivity contribution in [2.45, 2.75) is 65.1 Å². The highest BCUT2D eigenvalue weighted by Gasteiger charge is 2.29. The van der Waals surface area contributed by atoms with Crippen molar-refractivity contribution in [3.8, 4) is 0 Å². The maximum atomic E-state index is 4.82. The minimum atomic E-state index is 0.505. The second-order valence-corrected chi connectivity index (χ2v) is 5.80.